The Labute approximate surface area is 157 Å². The molecule has 0 saturated carbocycles. The van der Waals surface area contributed by atoms with Crippen LogP contribution in [0.2, 0.25) is 0 Å². The predicted molar refractivity (Wildman–Crippen MR) is 101 cm³/mol. The summed E-state index contributed by atoms with van der Waals surface area (Å²) in [4.78, 5) is 23.0. The summed E-state index contributed by atoms with van der Waals surface area (Å²) in [6, 6.07) is 0. The minimum atomic E-state index is -0.476. The highest BCUT2D eigenvalue weighted by Crippen LogP contribution is 2.06. The molecular weight excluding hydrogens is 336 g/mol. The number of aliphatic hydroxyl groups is 2. The van der Waals surface area contributed by atoms with Crippen molar-refractivity contribution in [1.82, 2.24) is 0 Å². The molecule has 6 heteroatoms. The van der Waals surface area contributed by atoms with Gasteiger partial charge >= 0.3 is 11.9 Å². The second kappa shape index (κ2) is 18.4. The van der Waals surface area contributed by atoms with Gasteiger partial charge in [0.2, 0.25) is 0 Å². The number of carbonyl (C=O) groups excluding carboxylic acids is 2. The summed E-state index contributed by atoms with van der Waals surface area (Å²) in [5.74, 6) is -0.838. The number of carbonyl (C=O) groups is 2. The summed E-state index contributed by atoms with van der Waals surface area (Å²) < 4.78 is 10.0. The third-order valence-corrected chi connectivity index (χ3v) is 3.91. The van der Waals surface area contributed by atoms with Crippen LogP contribution in [-0.2, 0) is 19.1 Å². The van der Waals surface area contributed by atoms with Gasteiger partial charge in [0.15, 0.2) is 0 Å². The van der Waals surface area contributed by atoms with Crippen LogP contribution in [0.1, 0.15) is 77.6 Å². The van der Waals surface area contributed by atoms with Gasteiger partial charge < -0.3 is 19.7 Å². The van der Waals surface area contributed by atoms with Gasteiger partial charge in [0.05, 0.1) is 25.6 Å². The Morgan fingerprint density at radius 3 is 2.31 bits per heavy atom. The zero-order valence-corrected chi connectivity index (χ0v) is 16.2. The molecular formula is C20H36O6. The van der Waals surface area contributed by atoms with E-state index >= 15 is 0 Å². The Morgan fingerprint density at radius 1 is 0.923 bits per heavy atom. The Balaban J connectivity index is 3.52. The van der Waals surface area contributed by atoms with Crippen LogP contribution in [-0.4, -0.2) is 48.1 Å². The van der Waals surface area contributed by atoms with Crippen molar-refractivity contribution >= 4 is 11.9 Å². The molecule has 0 spiro atoms. The zero-order chi connectivity index (χ0) is 19.5. The predicted octanol–water partition coefficient (Wildman–Crippen LogP) is 3.29. The van der Waals surface area contributed by atoms with Crippen molar-refractivity contribution in [2.75, 3.05) is 19.8 Å². The number of aliphatic hydroxyl groups excluding tert-OH is 2. The third-order valence-electron chi connectivity index (χ3n) is 3.91. The molecule has 0 aliphatic rings. The second-order valence-electron chi connectivity index (χ2n) is 6.39. The normalized spacial score (nSPS) is 12.3. The number of unbranched alkanes of at least 4 members (excludes halogenated alkanes) is 4. The summed E-state index contributed by atoms with van der Waals surface area (Å²) in [5.41, 5.74) is 0. The standard InChI is InChI=1S/C20H36O6/c1-2-3-4-5-6-7-8-16-25-19(23)13-14-20(24)26-17-10-12-18(22)11-9-15-21/h7-8,18,21-22H,2-6,9-17H2,1H3/b8-7-. The minimum Gasteiger partial charge on any atom is -0.466 e. The first-order chi connectivity index (χ1) is 12.6. The van der Waals surface area contributed by atoms with Crippen molar-refractivity contribution in [3.05, 3.63) is 12.2 Å². The van der Waals surface area contributed by atoms with Crippen molar-refractivity contribution in [1.29, 1.82) is 0 Å². The van der Waals surface area contributed by atoms with Gasteiger partial charge in [-0.1, -0.05) is 38.3 Å². The lowest BCUT2D eigenvalue weighted by molar-refractivity contribution is -0.149. The van der Waals surface area contributed by atoms with Gasteiger partial charge in [0.25, 0.3) is 0 Å². The molecule has 0 bridgehead atoms. The molecule has 6 nitrogen and oxygen atoms in total. The van der Waals surface area contributed by atoms with E-state index in [4.69, 9.17) is 14.6 Å². The van der Waals surface area contributed by atoms with E-state index < -0.39 is 18.0 Å². The number of ether oxygens (including phenoxy) is 2. The Kier molecular flexibility index (Phi) is 17.4. The minimum absolute atomic E-state index is 0.00658. The second-order valence-corrected chi connectivity index (χ2v) is 6.39. The van der Waals surface area contributed by atoms with Crippen molar-refractivity contribution in [2.24, 2.45) is 0 Å². The topological polar surface area (TPSA) is 93.1 Å². The molecule has 1 unspecified atom stereocenters. The first-order valence-corrected chi connectivity index (χ1v) is 9.85. The molecule has 152 valence electrons. The lowest BCUT2D eigenvalue weighted by Crippen LogP contribution is -2.13. The molecule has 0 aliphatic heterocycles. The van der Waals surface area contributed by atoms with Crippen LogP contribution >= 0.6 is 0 Å². The van der Waals surface area contributed by atoms with Crippen LogP contribution < -0.4 is 0 Å². The first kappa shape index (κ1) is 24.6. The van der Waals surface area contributed by atoms with Crippen molar-refractivity contribution in [3.63, 3.8) is 0 Å². The third kappa shape index (κ3) is 17.4. The molecule has 0 rings (SSSR count). The van der Waals surface area contributed by atoms with E-state index in [1.807, 2.05) is 12.2 Å². The molecule has 0 aromatic carbocycles. The van der Waals surface area contributed by atoms with Gasteiger partial charge in [0.1, 0.15) is 6.61 Å². The summed E-state index contributed by atoms with van der Waals surface area (Å²) in [6.07, 6.45) is 11.5. The van der Waals surface area contributed by atoms with E-state index in [9.17, 15) is 14.7 Å². The number of hydrogen-bond acceptors (Lipinski definition) is 6. The average molecular weight is 373 g/mol. The Morgan fingerprint density at radius 2 is 1.62 bits per heavy atom. The maximum absolute atomic E-state index is 11.5. The van der Waals surface area contributed by atoms with Gasteiger partial charge in [-0.25, -0.2) is 0 Å². The first-order valence-electron chi connectivity index (χ1n) is 9.85. The number of allylic oxidation sites excluding steroid dienone is 1. The van der Waals surface area contributed by atoms with Crippen LogP contribution in [0.15, 0.2) is 12.2 Å². The quantitative estimate of drug-likeness (QED) is 0.231. The summed E-state index contributed by atoms with van der Waals surface area (Å²) >= 11 is 0. The molecule has 26 heavy (non-hydrogen) atoms. The summed E-state index contributed by atoms with van der Waals surface area (Å²) in [5, 5.41) is 18.2. The molecule has 0 amide bonds. The van der Waals surface area contributed by atoms with E-state index in [0.29, 0.717) is 25.7 Å². The van der Waals surface area contributed by atoms with E-state index in [1.165, 1.54) is 19.3 Å². The van der Waals surface area contributed by atoms with E-state index in [0.717, 1.165) is 12.8 Å². The number of rotatable bonds is 17. The Hall–Kier alpha value is -1.40. The SMILES string of the molecule is CCCCCC/C=C\COC(=O)CCC(=O)OCCCC(O)CCCO. The van der Waals surface area contributed by atoms with Crippen LogP contribution in [0.5, 0.6) is 0 Å². The van der Waals surface area contributed by atoms with Gasteiger partial charge in [-0.05, 0) is 38.5 Å². The van der Waals surface area contributed by atoms with E-state index in [1.54, 1.807) is 0 Å². The molecule has 1 atom stereocenters. The van der Waals surface area contributed by atoms with Crippen LogP contribution in [0.25, 0.3) is 0 Å². The molecule has 0 radical (unpaired) electrons. The fraction of sp³-hybridized carbons (Fsp3) is 0.800. The van der Waals surface area contributed by atoms with Crippen LogP contribution in [0, 0.1) is 0 Å². The van der Waals surface area contributed by atoms with Crippen LogP contribution in [0.3, 0.4) is 0 Å². The maximum Gasteiger partial charge on any atom is 0.306 e. The Bertz CT molecular complexity index is 380. The highest BCUT2D eigenvalue weighted by Gasteiger charge is 2.09. The van der Waals surface area contributed by atoms with Crippen LogP contribution in [0.4, 0.5) is 0 Å². The average Bonchev–Trinajstić information content (AvgIpc) is 2.64. The monoisotopic (exact) mass is 372 g/mol. The van der Waals surface area contributed by atoms with Crippen molar-refractivity contribution in [2.45, 2.75) is 83.7 Å². The molecule has 0 aliphatic carbocycles. The lowest BCUT2D eigenvalue weighted by atomic mass is 10.1. The molecule has 0 aromatic heterocycles. The highest BCUT2D eigenvalue weighted by molar-refractivity contribution is 5.77. The number of esters is 2. The summed E-state index contributed by atoms with van der Waals surface area (Å²) in [7, 11) is 0. The lowest BCUT2D eigenvalue weighted by Gasteiger charge is -2.09. The van der Waals surface area contributed by atoms with Crippen molar-refractivity contribution in [3.8, 4) is 0 Å². The van der Waals surface area contributed by atoms with Gasteiger partial charge in [-0.3, -0.25) is 9.59 Å². The fourth-order valence-corrected chi connectivity index (χ4v) is 2.34. The van der Waals surface area contributed by atoms with E-state index in [2.05, 4.69) is 6.92 Å². The van der Waals surface area contributed by atoms with Crippen molar-refractivity contribution < 1.29 is 29.3 Å². The van der Waals surface area contributed by atoms with Gasteiger partial charge in [-0.2, -0.15) is 0 Å². The van der Waals surface area contributed by atoms with Gasteiger partial charge in [-0.15, -0.1) is 0 Å². The largest absolute Gasteiger partial charge is 0.466 e. The summed E-state index contributed by atoms with van der Waals surface area (Å²) in [6.45, 7) is 2.71. The molecule has 0 saturated heterocycles. The molecule has 0 heterocycles. The molecule has 2 N–H and O–H groups in total. The highest BCUT2D eigenvalue weighted by atomic mass is 16.5. The zero-order valence-electron chi connectivity index (χ0n) is 16.2. The fourth-order valence-electron chi connectivity index (χ4n) is 2.34. The van der Waals surface area contributed by atoms with Gasteiger partial charge in [0, 0.05) is 6.61 Å². The van der Waals surface area contributed by atoms with E-state index in [-0.39, 0.29) is 32.7 Å². The maximum atomic E-state index is 11.5. The molecule has 0 fully saturated rings. The smallest absolute Gasteiger partial charge is 0.306 e. The molecule has 0 aromatic rings. The number of hydrogen-bond donors (Lipinski definition) is 2.